The predicted octanol–water partition coefficient (Wildman–Crippen LogP) is 2.26. The highest BCUT2D eigenvalue weighted by molar-refractivity contribution is 7.91. The molecule has 1 rings (SSSR count). The van der Waals surface area contributed by atoms with Gasteiger partial charge in [0.25, 0.3) is 5.69 Å². The van der Waals surface area contributed by atoms with E-state index in [1.165, 1.54) is 6.07 Å². The number of sulfone groups is 1. The number of alkyl halides is 1. The summed E-state index contributed by atoms with van der Waals surface area (Å²) >= 11 is 10.9. The average Bonchev–Trinajstić information content (AvgIpc) is 2.16. The van der Waals surface area contributed by atoms with Crippen LogP contribution in [0.3, 0.4) is 0 Å². The summed E-state index contributed by atoms with van der Waals surface area (Å²) in [5.41, 5.74) is -0.530. The topological polar surface area (TPSA) is 77.3 Å². The molecule has 0 amide bonds. The molecule has 0 aliphatic rings. The van der Waals surface area contributed by atoms with E-state index in [0.29, 0.717) is 0 Å². The van der Waals surface area contributed by atoms with Crippen LogP contribution in [0.1, 0.15) is 0 Å². The second-order valence-corrected chi connectivity index (χ2v) is 5.77. The highest BCUT2D eigenvalue weighted by Crippen LogP contribution is 2.27. The van der Waals surface area contributed by atoms with Gasteiger partial charge in [0.15, 0.2) is 9.84 Å². The molecule has 0 atom stereocenters. The summed E-state index contributed by atoms with van der Waals surface area (Å²) in [7, 11) is -3.74. The molecule has 8 heteroatoms. The van der Waals surface area contributed by atoms with Crippen LogP contribution in [0.25, 0.3) is 0 Å². The number of benzene rings is 1. The highest BCUT2D eigenvalue weighted by Gasteiger charge is 2.25. The summed E-state index contributed by atoms with van der Waals surface area (Å²) in [5, 5.41) is 10.8. The molecule has 0 N–H and O–H groups in total. The Morgan fingerprint density at radius 3 is 2.50 bits per heavy atom. The molecule has 0 fully saturated rings. The molecule has 0 aromatic heterocycles. The maximum atomic E-state index is 11.6. The maximum Gasteiger partial charge on any atom is 0.289 e. The van der Waals surface area contributed by atoms with Crippen LogP contribution in [-0.2, 0) is 9.84 Å². The number of hydrogen-bond donors (Lipinski definition) is 0. The van der Waals surface area contributed by atoms with Crippen molar-refractivity contribution in [3.05, 3.63) is 33.3 Å². The minimum absolute atomic E-state index is 0.108. The maximum absolute atomic E-state index is 11.6. The summed E-state index contributed by atoms with van der Waals surface area (Å²) in [6, 6.07) is 3.40. The molecule has 0 saturated carbocycles. The van der Waals surface area contributed by atoms with Gasteiger partial charge in [-0.25, -0.2) is 8.42 Å². The summed E-state index contributed by atoms with van der Waals surface area (Å²) in [4.78, 5) is 9.53. The summed E-state index contributed by atoms with van der Waals surface area (Å²) in [6.07, 6.45) is 0. The summed E-state index contributed by atoms with van der Waals surface area (Å²) in [6.45, 7) is 0. The van der Waals surface area contributed by atoms with Gasteiger partial charge in [-0.15, -0.1) is 11.6 Å². The van der Waals surface area contributed by atoms with Crippen molar-refractivity contribution in [1.29, 1.82) is 0 Å². The number of nitro benzene ring substituents is 1. The van der Waals surface area contributed by atoms with E-state index in [2.05, 4.69) is 0 Å². The molecule has 16 heavy (non-hydrogen) atoms. The predicted molar refractivity (Wildman–Crippen MR) is 60.9 cm³/mol. The van der Waals surface area contributed by atoms with Gasteiger partial charge in [0.1, 0.15) is 4.90 Å². The van der Waals surface area contributed by atoms with Crippen LogP contribution in [0.15, 0.2) is 23.1 Å². The fourth-order valence-electron chi connectivity index (χ4n) is 1.11. The normalized spacial score (nSPS) is 11.4. The van der Waals surface area contributed by atoms with Crippen LogP contribution in [0, 0.1) is 10.1 Å². The third kappa shape index (κ3) is 2.84. The first-order valence-electron chi connectivity index (χ1n) is 4.11. The number of rotatable bonds is 4. The zero-order chi connectivity index (χ0) is 12.3. The molecular weight excluding hydrogens is 277 g/mol. The minimum Gasteiger partial charge on any atom is -0.258 e. The van der Waals surface area contributed by atoms with Gasteiger partial charge in [-0.05, 0) is 12.1 Å². The molecule has 88 valence electrons. The molecule has 0 unspecified atom stereocenters. The Bertz CT molecular complexity index is 515. The summed E-state index contributed by atoms with van der Waals surface area (Å²) < 4.78 is 23.3. The van der Waals surface area contributed by atoms with Gasteiger partial charge in [-0.1, -0.05) is 11.6 Å². The zero-order valence-electron chi connectivity index (χ0n) is 7.89. The van der Waals surface area contributed by atoms with E-state index < -0.39 is 20.4 Å². The fraction of sp³-hybridized carbons (Fsp3) is 0.250. The van der Waals surface area contributed by atoms with Crippen LogP contribution < -0.4 is 0 Å². The first-order chi connectivity index (χ1) is 7.38. The van der Waals surface area contributed by atoms with Crippen LogP contribution in [0.2, 0.25) is 5.02 Å². The van der Waals surface area contributed by atoms with Gasteiger partial charge in [-0.3, -0.25) is 10.1 Å². The lowest BCUT2D eigenvalue weighted by Gasteiger charge is -2.03. The number of hydrogen-bond acceptors (Lipinski definition) is 4. The van der Waals surface area contributed by atoms with E-state index in [1.54, 1.807) is 0 Å². The molecule has 0 aliphatic carbocycles. The monoisotopic (exact) mass is 283 g/mol. The van der Waals surface area contributed by atoms with Gasteiger partial charge in [0.2, 0.25) is 0 Å². The number of nitrogens with zero attached hydrogens (tertiary/aromatic N) is 1. The van der Waals surface area contributed by atoms with E-state index in [4.69, 9.17) is 23.2 Å². The zero-order valence-corrected chi connectivity index (χ0v) is 10.2. The second-order valence-electron chi connectivity index (χ2n) is 2.88. The van der Waals surface area contributed by atoms with Crippen molar-refractivity contribution in [3.63, 3.8) is 0 Å². The lowest BCUT2D eigenvalue weighted by Crippen LogP contribution is -2.10. The SMILES string of the molecule is O=[N+]([O-])c1cc(Cl)ccc1S(=O)(=O)CCCl. The molecule has 0 bridgehead atoms. The third-order valence-corrected chi connectivity index (χ3v) is 4.20. The lowest BCUT2D eigenvalue weighted by molar-refractivity contribution is -0.387. The van der Waals surface area contributed by atoms with E-state index in [0.717, 1.165) is 12.1 Å². The first kappa shape index (κ1) is 13.2. The largest absolute Gasteiger partial charge is 0.289 e. The molecular formula is C8H7Cl2NO4S. The second kappa shape index (κ2) is 4.99. The lowest BCUT2D eigenvalue weighted by atomic mass is 10.3. The van der Waals surface area contributed by atoms with Crippen LogP contribution >= 0.6 is 23.2 Å². The Balaban J connectivity index is 3.39. The first-order valence-corrected chi connectivity index (χ1v) is 6.67. The van der Waals surface area contributed by atoms with Crippen molar-refractivity contribution < 1.29 is 13.3 Å². The molecule has 0 heterocycles. The Morgan fingerprint density at radius 1 is 1.38 bits per heavy atom. The van der Waals surface area contributed by atoms with Crippen molar-refractivity contribution in [2.45, 2.75) is 4.90 Å². The van der Waals surface area contributed by atoms with E-state index in [-0.39, 0.29) is 21.6 Å². The van der Waals surface area contributed by atoms with Crippen molar-refractivity contribution in [2.75, 3.05) is 11.6 Å². The van der Waals surface area contributed by atoms with E-state index in [1.807, 2.05) is 0 Å². The van der Waals surface area contributed by atoms with Gasteiger partial charge in [0, 0.05) is 17.0 Å². The Labute approximate surface area is 102 Å². The quantitative estimate of drug-likeness (QED) is 0.482. The van der Waals surface area contributed by atoms with E-state index in [9.17, 15) is 18.5 Å². The molecule has 0 saturated heterocycles. The van der Waals surface area contributed by atoms with Crippen molar-refractivity contribution in [2.24, 2.45) is 0 Å². The Hall–Kier alpha value is -0.850. The van der Waals surface area contributed by atoms with Crippen LogP contribution in [-0.4, -0.2) is 25.0 Å². The van der Waals surface area contributed by atoms with E-state index >= 15 is 0 Å². The van der Waals surface area contributed by atoms with Gasteiger partial charge in [0.05, 0.1) is 10.7 Å². The smallest absolute Gasteiger partial charge is 0.258 e. The molecule has 1 aromatic carbocycles. The minimum atomic E-state index is -3.74. The molecule has 0 spiro atoms. The van der Waals surface area contributed by atoms with Crippen LogP contribution in [0.4, 0.5) is 5.69 Å². The number of halogens is 2. The molecule has 0 aliphatic heterocycles. The third-order valence-electron chi connectivity index (χ3n) is 1.80. The molecule has 0 radical (unpaired) electrons. The molecule has 1 aromatic rings. The Morgan fingerprint density at radius 2 is 2.00 bits per heavy atom. The molecule has 5 nitrogen and oxygen atoms in total. The van der Waals surface area contributed by atoms with Gasteiger partial charge < -0.3 is 0 Å². The highest BCUT2D eigenvalue weighted by atomic mass is 35.5. The van der Waals surface area contributed by atoms with Gasteiger partial charge >= 0.3 is 0 Å². The van der Waals surface area contributed by atoms with Crippen molar-refractivity contribution in [1.82, 2.24) is 0 Å². The van der Waals surface area contributed by atoms with Crippen molar-refractivity contribution >= 4 is 38.7 Å². The number of nitro groups is 1. The Kier molecular flexibility index (Phi) is 4.12. The van der Waals surface area contributed by atoms with Crippen molar-refractivity contribution in [3.8, 4) is 0 Å². The van der Waals surface area contributed by atoms with Gasteiger partial charge in [-0.2, -0.15) is 0 Å². The average molecular weight is 284 g/mol. The fourth-order valence-corrected chi connectivity index (χ4v) is 3.03. The summed E-state index contributed by atoms with van der Waals surface area (Å²) in [5.74, 6) is -0.473. The standard InChI is InChI=1S/C8H7Cl2NO4S/c9-3-4-16(14,15)8-2-1-6(10)5-7(8)11(12)13/h1-2,5H,3-4H2. The van der Waals surface area contributed by atoms with Crippen LogP contribution in [0.5, 0.6) is 0 Å².